The van der Waals surface area contributed by atoms with Gasteiger partial charge in [0.05, 0.1) is 5.69 Å². The average molecular weight is 233 g/mol. The summed E-state index contributed by atoms with van der Waals surface area (Å²) in [5.41, 5.74) is 1.09. The predicted octanol–water partition coefficient (Wildman–Crippen LogP) is 0.969. The first kappa shape index (κ1) is 11.9. The number of nitrogens with one attached hydrogen (secondary N) is 1. The molecule has 0 fully saturated rings. The zero-order valence-electron chi connectivity index (χ0n) is 10.4. The largest absolute Gasteiger partial charge is 0.338 e. The van der Waals surface area contributed by atoms with E-state index >= 15 is 0 Å². The van der Waals surface area contributed by atoms with Gasteiger partial charge in [0.1, 0.15) is 5.82 Å². The molecule has 2 rings (SSSR count). The molecule has 0 bridgehead atoms. The number of hydrogen-bond acceptors (Lipinski definition) is 3. The molecule has 92 valence electrons. The number of aromatic nitrogens is 4. The van der Waals surface area contributed by atoms with E-state index in [1.807, 2.05) is 34.9 Å². The van der Waals surface area contributed by atoms with E-state index in [9.17, 15) is 0 Å². The number of nitrogens with zero attached hydrogens (tertiary/aromatic N) is 4. The van der Waals surface area contributed by atoms with Crippen LogP contribution in [0.1, 0.15) is 18.4 Å². The highest BCUT2D eigenvalue weighted by Gasteiger charge is 2.01. The molecule has 0 aliphatic heterocycles. The van der Waals surface area contributed by atoms with Crippen LogP contribution in [0.2, 0.25) is 0 Å². The zero-order valence-corrected chi connectivity index (χ0v) is 10.4. The van der Waals surface area contributed by atoms with Gasteiger partial charge in [0.15, 0.2) is 0 Å². The van der Waals surface area contributed by atoms with E-state index in [0.717, 1.165) is 37.6 Å². The lowest BCUT2D eigenvalue weighted by atomic mass is 10.4. The van der Waals surface area contributed by atoms with Gasteiger partial charge in [0, 0.05) is 45.1 Å². The number of imidazole rings is 1. The Hall–Kier alpha value is -1.62. The quantitative estimate of drug-likeness (QED) is 0.808. The van der Waals surface area contributed by atoms with E-state index < -0.39 is 0 Å². The maximum absolute atomic E-state index is 4.49. The van der Waals surface area contributed by atoms with E-state index in [0.29, 0.717) is 0 Å². The monoisotopic (exact) mass is 233 g/mol. The van der Waals surface area contributed by atoms with Crippen LogP contribution in [0.3, 0.4) is 0 Å². The van der Waals surface area contributed by atoms with Gasteiger partial charge in [-0.2, -0.15) is 5.10 Å². The van der Waals surface area contributed by atoms with Crippen molar-refractivity contribution in [1.82, 2.24) is 24.6 Å². The first-order valence-corrected chi connectivity index (χ1v) is 5.99. The Kier molecular flexibility index (Phi) is 3.93. The molecule has 0 spiro atoms. The molecule has 2 aromatic rings. The standard InChI is InChI=1S/C12H19N5/c1-3-13-10-11-4-7-17(15-11)8-5-12-14-6-9-16(12)2/h4,6-7,9,13H,3,5,8,10H2,1-2H3. The van der Waals surface area contributed by atoms with Crippen LogP contribution < -0.4 is 5.32 Å². The third-order valence-electron chi connectivity index (χ3n) is 2.74. The second kappa shape index (κ2) is 5.63. The first-order chi connectivity index (χ1) is 8.29. The van der Waals surface area contributed by atoms with Crippen LogP contribution in [0.25, 0.3) is 0 Å². The van der Waals surface area contributed by atoms with E-state index in [2.05, 4.69) is 28.4 Å². The second-order valence-electron chi connectivity index (χ2n) is 4.05. The molecule has 1 N–H and O–H groups in total. The minimum Gasteiger partial charge on any atom is -0.338 e. The van der Waals surface area contributed by atoms with Crippen molar-refractivity contribution in [3.05, 3.63) is 36.2 Å². The number of aryl methyl sites for hydroxylation is 3. The summed E-state index contributed by atoms with van der Waals surface area (Å²) in [6.45, 7) is 4.78. The summed E-state index contributed by atoms with van der Waals surface area (Å²) < 4.78 is 4.02. The molecule has 0 aliphatic carbocycles. The Morgan fingerprint density at radius 1 is 1.35 bits per heavy atom. The van der Waals surface area contributed by atoms with E-state index in [1.165, 1.54) is 0 Å². The van der Waals surface area contributed by atoms with Crippen molar-refractivity contribution in [3.63, 3.8) is 0 Å². The SMILES string of the molecule is CCNCc1ccn(CCc2nccn2C)n1. The zero-order chi connectivity index (χ0) is 12.1. The van der Waals surface area contributed by atoms with Gasteiger partial charge < -0.3 is 9.88 Å². The lowest BCUT2D eigenvalue weighted by molar-refractivity contribution is 0.575. The maximum Gasteiger partial charge on any atom is 0.110 e. The Morgan fingerprint density at radius 2 is 2.24 bits per heavy atom. The molecule has 5 heteroatoms. The van der Waals surface area contributed by atoms with Crippen LogP contribution in [0.15, 0.2) is 24.7 Å². The van der Waals surface area contributed by atoms with Gasteiger partial charge >= 0.3 is 0 Å². The van der Waals surface area contributed by atoms with Gasteiger partial charge in [-0.1, -0.05) is 6.92 Å². The van der Waals surface area contributed by atoms with Crippen molar-refractivity contribution >= 4 is 0 Å². The highest BCUT2D eigenvalue weighted by atomic mass is 15.3. The fourth-order valence-electron chi connectivity index (χ4n) is 1.73. The molecule has 0 saturated carbocycles. The summed E-state index contributed by atoms with van der Waals surface area (Å²) in [6, 6.07) is 2.06. The molecule has 2 aromatic heterocycles. The van der Waals surface area contributed by atoms with Gasteiger partial charge in [-0.15, -0.1) is 0 Å². The predicted molar refractivity (Wildman–Crippen MR) is 66.5 cm³/mol. The molecule has 0 radical (unpaired) electrons. The molecule has 0 aliphatic rings. The number of rotatable bonds is 6. The van der Waals surface area contributed by atoms with Gasteiger partial charge in [-0.05, 0) is 12.6 Å². The molecule has 5 nitrogen and oxygen atoms in total. The van der Waals surface area contributed by atoms with Gasteiger partial charge in [-0.3, -0.25) is 4.68 Å². The van der Waals surface area contributed by atoms with E-state index in [-0.39, 0.29) is 0 Å². The van der Waals surface area contributed by atoms with Crippen molar-refractivity contribution in [1.29, 1.82) is 0 Å². The van der Waals surface area contributed by atoms with Crippen LogP contribution in [-0.2, 0) is 26.6 Å². The summed E-state index contributed by atoms with van der Waals surface area (Å²) in [4.78, 5) is 4.30. The lowest BCUT2D eigenvalue weighted by Gasteiger charge is -2.02. The second-order valence-corrected chi connectivity index (χ2v) is 4.05. The Labute approximate surface area is 101 Å². The van der Waals surface area contributed by atoms with Crippen molar-refractivity contribution in [3.8, 4) is 0 Å². The van der Waals surface area contributed by atoms with Crippen LogP contribution in [0.5, 0.6) is 0 Å². The minimum absolute atomic E-state index is 0.839. The third-order valence-corrected chi connectivity index (χ3v) is 2.74. The van der Waals surface area contributed by atoms with Crippen molar-refractivity contribution in [2.75, 3.05) is 6.54 Å². The Bertz CT molecular complexity index is 457. The molecule has 0 aromatic carbocycles. The molecular formula is C12H19N5. The third kappa shape index (κ3) is 3.17. The van der Waals surface area contributed by atoms with E-state index in [4.69, 9.17) is 0 Å². The lowest BCUT2D eigenvalue weighted by Crippen LogP contribution is -2.13. The van der Waals surface area contributed by atoms with Crippen molar-refractivity contribution in [2.24, 2.45) is 7.05 Å². The van der Waals surface area contributed by atoms with Crippen LogP contribution in [0, 0.1) is 0 Å². The molecule has 0 amide bonds. The maximum atomic E-state index is 4.49. The normalized spacial score (nSPS) is 10.9. The van der Waals surface area contributed by atoms with Crippen LogP contribution in [-0.4, -0.2) is 25.9 Å². The topological polar surface area (TPSA) is 47.7 Å². The first-order valence-electron chi connectivity index (χ1n) is 5.99. The smallest absolute Gasteiger partial charge is 0.110 e. The fraction of sp³-hybridized carbons (Fsp3) is 0.500. The summed E-state index contributed by atoms with van der Waals surface area (Å²) in [6.07, 6.45) is 6.73. The molecule has 0 atom stereocenters. The summed E-state index contributed by atoms with van der Waals surface area (Å²) in [5.74, 6) is 1.09. The van der Waals surface area contributed by atoms with Crippen molar-refractivity contribution in [2.45, 2.75) is 26.4 Å². The van der Waals surface area contributed by atoms with Crippen LogP contribution >= 0.6 is 0 Å². The summed E-state index contributed by atoms with van der Waals surface area (Å²) in [7, 11) is 2.02. The van der Waals surface area contributed by atoms with E-state index in [1.54, 1.807) is 0 Å². The van der Waals surface area contributed by atoms with Gasteiger partial charge in [-0.25, -0.2) is 4.98 Å². The summed E-state index contributed by atoms with van der Waals surface area (Å²) in [5, 5.41) is 7.76. The Balaban J connectivity index is 1.87. The van der Waals surface area contributed by atoms with Crippen LogP contribution in [0.4, 0.5) is 0 Å². The Morgan fingerprint density at radius 3 is 2.94 bits per heavy atom. The molecular weight excluding hydrogens is 214 g/mol. The van der Waals surface area contributed by atoms with Gasteiger partial charge in [0.25, 0.3) is 0 Å². The summed E-state index contributed by atoms with van der Waals surface area (Å²) >= 11 is 0. The average Bonchev–Trinajstić information content (AvgIpc) is 2.93. The number of hydrogen-bond donors (Lipinski definition) is 1. The molecule has 0 saturated heterocycles. The minimum atomic E-state index is 0.839. The molecule has 2 heterocycles. The molecule has 17 heavy (non-hydrogen) atoms. The van der Waals surface area contributed by atoms with Crippen molar-refractivity contribution < 1.29 is 0 Å². The molecule has 0 unspecified atom stereocenters. The highest BCUT2D eigenvalue weighted by molar-refractivity contribution is 4.99. The van der Waals surface area contributed by atoms with Gasteiger partial charge in [0.2, 0.25) is 0 Å². The fourth-order valence-corrected chi connectivity index (χ4v) is 1.73. The highest BCUT2D eigenvalue weighted by Crippen LogP contribution is 2.00.